The molecule has 0 fully saturated rings. The van der Waals surface area contributed by atoms with Crippen LogP contribution in [-0.2, 0) is 24.3 Å². The van der Waals surface area contributed by atoms with Gasteiger partial charge in [0.25, 0.3) is 0 Å². The number of aryl methyl sites for hydroxylation is 1. The second kappa shape index (κ2) is 11.0. The fourth-order valence-corrected chi connectivity index (χ4v) is 4.27. The van der Waals surface area contributed by atoms with Gasteiger partial charge in [-0.3, -0.25) is 4.99 Å². The van der Waals surface area contributed by atoms with Crippen molar-refractivity contribution in [2.24, 2.45) is 4.99 Å². The third kappa shape index (κ3) is 5.35. The average molecular weight is 481 g/mol. The summed E-state index contributed by atoms with van der Waals surface area (Å²) in [5.41, 5.74) is 4.25. The number of hydrogen-bond acceptors (Lipinski definition) is 6. The van der Waals surface area contributed by atoms with E-state index in [0.717, 1.165) is 52.7 Å². The molecule has 0 spiro atoms. The number of nitrogens with zero attached hydrogens (tertiary/aromatic N) is 4. The first-order valence-corrected chi connectivity index (χ1v) is 12.2. The second-order valence-corrected chi connectivity index (χ2v) is 8.72. The molecule has 1 aliphatic rings. The van der Waals surface area contributed by atoms with E-state index in [4.69, 9.17) is 9.47 Å². The molecule has 1 aromatic heterocycles. The third-order valence-electron chi connectivity index (χ3n) is 6.28. The first-order valence-electron chi connectivity index (χ1n) is 12.2. The summed E-state index contributed by atoms with van der Waals surface area (Å²) in [6, 6.07) is 23.1. The van der Waals surface area contributed by atoms with Crippen molar-refractivity contribution in [2.45, 2.75) is 38.8 Å². The molecular formula is C29H28N4O3. The Morgan fingerprint density at radius 2 is 1.78 bits per heavy atom. The Morgan fingerprint density at radius 3 is 2.58 bits per heavy atom. The van der Waals surface area contributed by atoms with E-state index in [1.165, 1.54) is 26.4 Å². The van der Waals surface area contributed by atoms with Gasteiger partial charge in [0.15, 0.2) is 5.82 Å². The second-order valence-electron chi connectivity index (χ2n) is 8.72. The van der Waals surface area contributed by atoms with Crippen molar-refractivity contribution in [3.05, 3.63) is 95.3 Å². The van der Waals surface area contributed by atoms with Crippen LogP contribution in [0.15, 0.2) is 77.8 Å². The van der Waals surface area contributed by atoms with Crippen molar-refractivity contribution >= 4 is 17.9 Å². The molecule has 0 atom stereocenters. The summed E-state index contributed by atoms with van der Waals surface area (Å²) in [4.78, 5) is 16.3. The van der Waals surface area contributed by atoms with Gasteiger partial charge in [-0.25, -0.2) is 4.79 Å². The van der Waals surface area contributed by atoms with E-state index in [0.29, 0.717) is 12.2 Å². The molecule has 0 saturated heterocycles. The van der Waals surface area contributed by atoms with Crippen molar-refractivity contribution in [3.8, 4) is 17.1 Å². The van der Waals surface area contributed by atoms with Gasteiger partial charge in [-0.05, 0) is 66.9 Å². The summed E-state index contributed by atoms with van der Waals surface area (Å²) in [5, 5.41) is 8.85. The van der Waals surface area contributed by atoms with Crippen LogP contribution >= 0.6 is 0 Å². The van der Waals surface area contributed by atoms with Crippen molar-refractivity contribution in [2.75, 3.05) is 7.11 Å². The molecule has 4 aromatic rings. The zero-order chi connectivity index (χ0) is 24.7. The molecule has 0 N–H and O–H groups in total. The van der Waals surface area contributed by atoms with E-state index in [-0.39, 0.29) is 5.97 Å². The van der Waals surface area contributed by atoms with Gasteiger partial charge in [-0.15, -0.1) is 10.2 Å². The molecule has 0 saturated carbocycles. The molecule has 36 heavy (non-hydrogen) atoms. The predicted octanol–water partition coefficient (Wildman–Crippen LogP) is 5.79. The van der Waals surface area contributed by atoms with Crippen LogP contribution in [-0.4, -0.2) is 34.1 Å². The van der Waals surface area contributed by atoms with Gasteiger partial charge >= 0.3 is 5.97 Å². The molecule has 0 unspecified atom stereocenters. The molecule has 1 aliphatic heterocycles. The van der Waals surface area contributed by atoms with Crippen LogP contribution in [0, 0.1) is 0 Å². The van der Waals surface area contributed by atoms with Crippen molar-refractivity contribution in [1.82, 2.24) is 14.8 Å². The standard InChI is InChI=1S/C29H28N4O3/c1-35-29(34)23-12-10-21(11-13-23)20-36-26-8-5-4-7-24(26)19-30-25-16-14-22(15-17-25)28-32-31-27-9-3-2-6-18-33(27)28/h4-5,7-8,10-17,19H,2-3,6,9,18,20H2,1H3. The Labute approximate surface area is 210 Å². The summed E-state index contributed by atoms with van der Waals surface area (Å²) in [6.45, 7) is 1.35. The number of fused-ring (bicyclic) bond motifs is 1. The number of hydrogen-bond donors (Lipinski definition) is 0. The number of carbonyl (C=O) groups excluding carboxylic acids is 1. The highest BCUT2D eigenvalue weighted by molar-refractivity contribution is 5.89. The van der Waals surface area contributed by atoms with Gasteiger partial charge in [0, 0.05) is 30.3 Å². The first-order chi connectivity index (χ1) is 17.7. The summed E-state index contributed by atoms with van der Waals surface area (Å²) < 4.78 is 13.0. The van der Waals surface area contributed by atoms with Crippen LogP contribution < -0.4 is 4.74 Å². The largest absolute Gasteiger partial charge is 0.488 e. The highest BCUT2D eigenvalue weighted by atomic mass is 16.5. The van der Waals surface area contributed by atoms with Crippen LogP contribution in [0.4, 0.5) is 5.69 Å². The highest BCUT2D eigenvalue weighted by Gasteiger charge is 2.15. The van der Waals surface area contributed by atoms with E-state index in [9.17, 15) is 4.79 Å². The molecule has 0 bridgehead atoms. The minimum atomic E-state index is -0.353. The molecular weight excluding hydrogens is 452 g/mol. The quantitative estimate of drug-likeness (QED) is 0.247. The lowest BCUT2D eigenvalue weighted by molar-refractivity contribution is 0.0600. The van der Waals surface area contributed by atoms with Crippen LogP contribution in [0.2, 0.25) is 0 Å². The number of methoxy groups -OCH3 is 1. The number of ether oxygens (including phenoxy) is 2. The van der Waals surface area contributed by atoms with Crippen molar-refractivity contribution in [1.29, 1.82) is 0 Å². The fraction of sp³-hybridized carbons (Fsp3) is 0.241. The lowest BCUT2D eigenvalue weighted by Gasteiger charge is -2.09. The Kier molecular flexibility index (Phi) is 7.17. The Bertz CT molecular complexity index is 1360. The number of esters is 1. The Balaban J connectivity index is 1.26. The number of benzene rings is 3. The van der Waals surface area contributed by atoms with Gasteiger partial charge in [0.05, 0.1) is 18.4 Å². The average Bonchev–Trinajstić information content (AvgIpc) is 3.19. The van der Waals surface area contributed by atoms with Gasteiger partial charge in [0.2, 0.25) is 0 Å². The van der Waals surface area contributed by atoms with E-state index >= 15 is 0 Å². The molecule has 2 heterocycles. The maximum Gasteiger partial charge on any atom is 0.337 e. The summed E-state index contributed by atoms with van der Waals surface area (Å²) in [6.07, 6.45) is 6.39. The van der Waals surface area contributed by atoms with Crippen molar-refractivity contribution in [3.63, 3.8) is 0 Å². The number of aromatic nitrogens is 3. The summed E-state index contributed by atoms with van der Waals surface area (Å²) in [7, 11) is 1.37. The van der Waals surface area contributed by atoms with E-state index in [2.05, 4.69) is 31.9 Å². The van der Waals surface area contributed by atoms with E-state index < -0.39 is 0 Å². The fourth-order valence-electron chi connectivity index (χ4n) is 4.27. The normalized spacial score (nSPS) is 13.2. The van der Waals surface area contributed by atoms with Gasteiger partial charge in [-0.2, -0.15) is 0 Å². The molecule has 3 aromatic carbocycles. The van der Waals surface area contributed by atoms with Gasteiger partial charge in [-0.1, -0.05) is 30.7 Å². The minimum absolute atomic E-state index is 0.353. The first kappa shape index (κ1) is 23.5. The Morgan fingerprint density at radius 1 is 0.972 bits per heavy atom. The van der Waals surface area contributed by atoms with Crippen LogP contribution in [0.3, 0.4) is 0 Å². The third-order valence-corrected chi connectivity index (χ3v) is 6.28. The molecule has 0 radical (unpaired) electrons. The zero-order valence-corrected chi connectivity index (χ0v) is 20.3. The predicted molar refractivity (Wildman–Crippen MR) is 139 cm³/mol. The topological polar surface area (TPSA) is 78.6 Å². The maximum absolute atomic E-state index is 11.6. The van der Waals surface area contributed by atoms with Crippen molar-refractivity contribution < 1.29 is 14.3 Å². The van der Waals surface area contributed by atoms with Gasteiger partial charge in [0.1, 0.15) is 18.2 Å². The van der Waals surface area contributed by atoms with E-state index in [1.54, 1.807) is 12.1 Å². The maximum atomic E-state index is 11.6. The number of aliphatic imine (C=N–C) groups is 1. The number of para-hydroxylation sites is 1. The van der Waals surface area contributed by atoms with Crippen LogP contribution in [0.5, 0.6) is 5.75 Å². The lowest BCUT2D eigenvalue weighted by atomic mass is 10.1. The number of carbonyl (C=O) groups is 1. The summed E-state index contributed by atoms with van der Waals surface area (Å²) >= 11 is 0. The molecule has 0 amide bonds. The van der Waals surface area contributed by atoms with Gasteiger partial charge < -0.3 is 14.0 Å². The Hall–Kier alpha value is -4.26. The minimum Gasteiger partial charge on any atom is -0.488 e. The smallest absolute Gasteiger partial charge is 0.337 e. The molecule has 7 nitrogen and oxygen atoms in total. The van der Waals surface area contributed by atoms with Crippen LogP contribution in [0.1, 0.15) is 46.6 Å². The highest BCUT2D eigenvalue weighted by Crippen LogP contribution is 2.25. The molecule has 7 heteroatoms. The molecule has 0 aliphatic carbocycles. The zero-order valence-electron chi connectivity index (χ0n) is 20.3. The van der Waals surface area contributed by atoms with E-state index in [1.807, 2.05) is 54.7 Å². The summed E-state index contributed by atoms with van der Waals surface area (Å²) in [5.74, 6) is 2.40. The monoisotopic (exact) mass is 480 g/mol. The molecule has 182 valence electrons. The lowest BCUT2D eigenvalue weighted by Crippen LogP contribution is -2.02. The SMILES string of the molecule is COC(=O)c1ccc(COc2ccccc2C=Nc2ccc(-c3nnc4n3CCCCC4)cc2)cc1. The van der Waals surface area contributed by atoms with Crippen LogP contribution in [0.25, 0.3) is 11.4 Å². The number of rotatable bonds is 7. The molecule has 5 rings (SSSR count).